The van der Waals surface area contributed by atoms with Crippen LogP contribution >= 0.6 is 23.2 Å². The lowest BCUT2D eigenvalue weighted by Gasteiger charge is -2.11. The molecule has 0 spiro atoms. The third-order valence-electron chi connectivity index (χ3n) is 4.24. The van der Waals surface area contributed by atoms with Crippen molar-refractivity contribution in [2.24, 2.45) is 0 Å². The molecule has 4 rings (SSSR count). The lowest BCUT2D eigenvalue weighted by Crippen LogP contribution is -2.14. The molecule has 7 heteroatoms. The number of imidazole rings is 1. The molecule has 4 aromatic rings. The van der Waals surface area contributed by atoms with Crippen LogP contribution in [0.25, 0.3) is 22.4 Å². The monoisotopic (exact) mass is 416 g/mol. The second-order valence-electron chi connectivity index (χ2n) is 6.16. The van der Waals surface area contributed by atoms with Crippen molar-refractivity contribution in [3.8, 4) is 11.4 Å². The average molecular weight is 417 g/mol. The summed E-state index contributed by atoms with van der Waals surface area (Å²) in [4.78, 5) is 4.73. The van der Waals surface area contributed by atoms with E-state index in [4.69, 9.17) is 23.2 Å². The van der Waals surface area contributed by atoms with Crippen LogP contribution in [0.1, 0.15) is 5.56 Å². The molecule has 1 aromatic heterocycles. The maximum atomic E-state index is 13.4. The molecule has 0 N–H and O–H groups in total. The van der Waals surface area contributed by atoms with E-state index in [1.54, 1.807) is 66.7 Å². The third-order valence-corrected chi connectivity index (χ3v) is 6.44. The highest BCUT2D eigenvalue weighted by molar-refractivity contribution is 7.90. The Hall–Kier alpha value is -2.34. The van der Waals surface area contributed by atoms with Gasteiger partial charge in [-0.2, -0.15) is 0 Å². The lowest BCUT2D eigenvalue weighted by molar-refractivity contribution is 0.589. The Balaban J connectivity index is 2.05. The van der Waals surface area contributed by atoms with Crippen LogP contribution in [0.4, 0.5) is 0 Å². The second kappa shape index (κ2) is 6.68. The van der Waals surface area contributed by atoms with Crippen LogP contribution in [0.3, 0.4) is 0 Å². The molecule has 3 aromatic carbocycles. The van der Waals surface area contributed by atoms with Crippen LogP contribution in [-0.4, -0.2) is 17.4 Å². The van der Waals surface area contributed by atoms with Crippen molar-refractivity contribution in [2.75, 3.05) is 0 Å². The molecule has 4 nitrogen and oxygen atoms in total. The molecule has 0 fully saturated rings. The van der Waals surface area contributed by atoms with E-state index >= 15 is 0 Å². The number of fused-ring (bicyclic) bond motifs is 1. The fourth-order valence-corrected chi connectivity index (χ4v) is 4.63. The van der Waals surface area contributed by atoms with E-state index in [-0.39, 0.29) is 4.90 Å². The highest BCUT2D eigenvalue weighted by Crippen LogP contribution is 2.31. The number of hydrogen-bond donors (Lipinski definition) is 0. The molecular weight excluding hydrogens is 403 g/mol. The molecule has 0 aliphatic carbocycles. The molecule has 0 bridgehead atoms. The van der Waals surface area contributed by atoms with Gasteiger partial charge in [-0.1, -0.05) is 40.9 Å². The highest BCUT2D eigenvalue weighted by atomic mass is 35.5. The Morgan fingerprint density at radius 3 is 2.15 bits per heavy atom. The van der Waals surface area contributed by atoms with E-state index in [1.807, 2.05) is 6.92 Å². The molecule has 0 saturated carbocycles. The normalized spacial score (nSPS) is 11.8. The maximum absolute atomic E-state index is 13.4. The Kier molecular flexibility index (Phi) is 4.46. The van der Waals surface area contributed by atoms with Gasteiger partial charge in [0.2, 0.25) is 0 Å². The number of halogens is 2. The fraction of sp³-hybridized carbons (Fsp3) is 0.0500. The Bertz CT molecular complexity index is 1250. The average Bonchev–Trinajstić information content (AvgIpc) is 3.02. The van der Waals surface area contributed by atoms with Crippen LogP contribution in [0, 0.1) is 6.92 Å². The Morgan fingerprint density at radius 2 is 1.48 bits per heavy atom. The zero-order chi connectivity index (χ0) is 19.2. The molecule has 136 valence electrons. The number of nitrogens with zero attached hydrogens (tertiary/aromatic N) is 2. The van der Waals surface area contributed by atoms with Gasteiger partial charge in [-0.15, -0.1) is 0 Å². The van der Waals surface area contributed by atoms with Crippen molar-refractivity contribution in [2.45, 2.75) is 11.8 Å². The van der Waals surface area contributed by atoms with Crippen LogP contribution in [0.5, 0.6) is 0 Å². The smallest absolute Gasteiger partial charge is 0.227 e. The van der Waals surface area contributed by atoms with Crippen molar-refractivity contribution >= 4 is 44.3 Å². The standard InChI is InChI=1S/C20H14Cl2N2O2S/c1-13-2-9-17(10-3-13)27(25,26)24-19-12-16(22)8-11-18(19)23-20(24)14-4-6-15(21)7-5-14/h2-12H,1H3. The predicted octanol–water partition coefficient (Wildman–Crippen LogP) is 5.56. The van der Waals surface area contributed by atoms with E-state index in [2.05, 4.69) is 4.98 Å². The van der Waals surface area contributed by atoms with Gasteiger partial charge in [0.15, 0.2) is 5.82 Å². The molecule has 0 radical (unpaired) electrons. The zero-order valence-corrected chi connectivity index (χ0v) is 16.6. The Morgan fingerprint density at radius 1 is 0.852 bits per heavy atom. The summed E-state index contributed by atoms with van der Waals surface area (Å²) >= 11 is 12.1. The number of rotatable bonds is 3. The van der Waals surface area contributed by atoms with E-state index in [0.717, 1.165) is 5.56 Å². The number of hydrogen-bond acceptors (Lipinski definition) is 3. The maximum Gasteiger partial charge on any atom is 0.269 e. The van der Waals surface area contributed by atoms with Gasteiger partial charge in [-0.25, -0.2) is 17.4 Å². The molecule has 0 unspecified atom stereocenters. The quantitative estimate of drug-likeness (QED) is 0.439. The molecule has 0 aliphatic heterocycles. The van der Waals surface area contributed by atoms with Crippen molar-refractivity contribution in [1.29, 1.82) is 0 Å². The summed E-state index contributed by atoms with van der Waals surface area (Å²) in [5.74, 6) is 0.310. The molecule has 1 heterocycles. The summed E-state index contributed by atoms with van der Waals surface area (Å²) in [7, 11) is -3.88. The van der Waals surface area contributed by atoms with Crippen molar-refractivity contribution in [3.63, 3.8) is 0 Å². The molecule has 27 heavy (non-hydrogen) atoms. The zero-order valence-electron chi connectivity index (χ0n) is 14.2. The first-order valence-corrected chi connectivity index (χ1v) is 10.3. The Labute approximate surface area is 167 Å². The lowest BCUT2D eigenvalue weighted by atomic mass is 10.2. The van der Waals surface area contributed by atoms with Gasteiger partial charge in [-0.05, 0) is 61.5 Å². The van der Waals surface area contributed by atoms with Gasteiger partial charge in [0.05, 0.1) is 15.9 Å². The molecule has 0 aliphatic rings. The van der Waals surface area contributed by atoms with Crippen LogP contribution in [-0.2, 0) is 10.0 Å². The summed E-state index contributed by atoms with van der Waals surface area (Å²) < 4.78 is 28.1. The fourth-order valence-electron chi connectivity index (χ4n) is 2.87. The first-order chi connectivity index (χ1) is 12.9. The van der Waals surface area contributed by atoms with Crippen molar-refractivity contribution in [3.05, 3.63) is 82.3 Å². The third kappa shape index (κ3) is 3.23. The molecule has 0 saturated heterocycles. The number of aromatic nitrogens is 2. The summed E-state index contributed by atoms with van der Waals surface area (Å²) in [5, 5.41) is 0.997. The number of benzene rings is 3. The minimum atomic E-state index is -3.88. The van der Waals surface area contributed by atoms with Crippen molar-refractivity contribution < 1.29 is 8.42 Å². The minimum absolute atomic E-state index is 0.183. The summed E-state index contributed by atoms with van der Waals surface area (Å²) in [6, 6.07) is 18.6. The molecule has 0 atom stereocenters. The van der Waals surface area contributed by atoms with E-state index in [0.29, 0.717) is 32.5 Å². The number of aryl methyl sites for hydroxylation is 1. The van der Waals surface area contributed by atoms with E-state index in [9.17, 15) is 8.42 Å². The van der Waals surface area contributed by atoms with Crippen LogP contribution < -0.4 is 0 Å². The topological polar surface area (TPSA) is 52.0 Å². The van der Waals surface area contributed by atoms with Gasteiger partial charge < -0.3 is 0 Å². The van der Waals surface area contributed by atoms with Crippen LogP contribution in [0.2, 0.25) is 10.0 Å². The second-order valence-corrected chi connectivity index (χ2v) is 8.82. The van der Waals surface area contributed by atoms with Gasteiger partial charge in [0.1, 0.15) is 0 Å². The summed E-state index contributed by atoms with van der Waals surface area (Å²) in [5.41, 5.74) is 2.58. The molecular formula is C20H14Cl2N2O2S. The minimum Gasteiger partial charge on any atom is -0.227 e. The summed E-state index contributed by atoms with van der Waals surface area (Å²) in [6.07, 6.45) is 0. The largest absolute Gasteiger partial charge is 0.269 e. The first-order valence-electron chi connectivity index (χ1n) is 8.12. The van der Waals surface area contributed by atoms with Gasteiger partial charge in [-0.3, -0.25) is 0 Å². The van der Waals surface area contributed by atoms with Gasteiger partial charge in [0.25, 0.3) is 10.0 Å². The SMILES string of the molecule is Cc1ccc(S(=O)(=O)n2c(-c3ccc(Cl)cc3)nc3ccc(Cl)cc32)cc1. The summed E-state index contributed by atoms with van der Waals surface area (Å²) in [6.45, 7) is 1.90. The first kappa shape index (κ1) is 18.0. The molecule has 0 amide bonds. The van der Waals surface area contributed by atoms with E-state index in [1.165, 1.54) is 3.97 Å². The van der Waals surface area contributed by atoms with Gasteiger partial charge >= 0.3 is 0 Å². The van der Waals surface area contributed by atoms with E-state index < -0.39 is 10.0 Å². The predicted molar refractivity (Wildman–Crippen MR) is 109 cm³/mol. The highest BCUT2D eigenvalue weighted by Gasteiger charge is 2.25. The van der Waals surface area contributed by atoms with Gasteiger partial charge in [0, 0.05) is 15.6 Å². The van der Waals surface area contributed by atoms with Crippen molar-refractivity contribution in [1.82, 2.24) is 8.96 Å². The van der Waals surface area contributed by atoms with Crippen LogP contribution in [0.15, 0.2) is 71.6 Å².